The van der Waals surface area contributed by atoms with Crippen molar-refractivity contribution in [1.82, 2.24) is 4.90 Å². The summed E-state index contributed by atoms with van der Waals surface area (Å²) < 4.78 is 20.9. The van der Waals surface area contributed by atoms with Gasteiger partial charge in [-0.3, -0.25) is 9.69 Å². The van der Waals surface area contributed by atoms with Crippen LogP contribution in [0.4, 0.5) is 0 Å². The summed E-state index contributed by atoms with van der Waals surface area (Å²) >= 11 is 0. The molecule has 0 saturated heterocycles. The molecule has 1 aromatic carbocycles. The van der Waals surface area contributed by atoms with E-state index in [1.807, 2.05) is 13.8 Å². The van der Waals surface area contributed by atoms with Crippen molar-refractivity contribution < 1.29 is 23.7 Å². The number of ether oxygens (including phenoxy) is 4. The maximum absolute atomic E-state index is 13.1. The van der Waals surface area contributed by atoms with Crippen molar-refractivity contribution in [1.29, 1.82) is 0 Å². The molecular weight excluding hydrogens is 310 g/mol. The highest BCUT2D eigenvalue weighted by Gasteiger charge is 2.35. The minimum atomic E-state index is -0.698. The van der Waals surface area contributed by atoms with E-state index in [9.17, 15) is 4.79 Å². The molecule has 0 N–H and O–H groups in total. The normalized spacial score (nSPS) is 11.6. The number of hydrogen-bond donors (Lipinski definition) is 0. The van der Waals surface area contributed by atoms with E-state index in [0.717, 1.165) is 0 Å². The summed E-state index contributed by atoms with van der Waals surface area (Å²) in [4.78, 5) is 15.2. The fourth-order valence-corrected chi connectivity index (χ4v) is 2.55. The van der Waals surface area contributed by atoms with Gasteiger partial charge in [0.2, 0.25) is 0 Å². The van der Waals surface area contributed by atoms with Gasteiger partial charge in [-0.25, -0.2) is 0 Å². The van der Waals surface area contributed by atoms with Crippen LogP contribution in [0.3, 0.4) is 0 Å². The van der Waals surface area contributed by atoms with E-state index in [1.165, 1.54) is 0 Å². The Balaban J connectivity index is 3.06. The maximum atomic E-state index is 13.1. The van der Waals surface area contributed by atoms with Crippen molar-refractivity contribution in [2.75, 3.05) is 54.7 Å². The first kappa shape index (κ1) is 20.4. The molecule has 0 spiro atoms. The predicted molar refractivity (Wildman–Crippen MR) is 93.3 cm³/mol. The molecule has 0 aliphatic carbocycles. The van der Waals surface area contributed by atoms with E-state index in [2.05, 4.69) is 4.90 Å². The lowest BCUT2D eigenvalue weighted by atomic mass is 9.91. The van der Waals surface area contributed by atoms with Crippen molar-refractivity contribution in [3.05, 3.63) is 23.8 Å². The zero-order valence-electron chi connectivity index (χ0n) is 15.5. The van der Waals surface area contributed by atoms with Crippen LogP contribution in [0.25, 0.3) is 0 Å². The van der Waals surface area contributed by atoms with E-state index in [0.29, 0.717) is 43.4 Å². The Morgan fingerprint density at radius 2 is 1.50 bits per heavy atom. The quantitative estimate of drug-likeness (QED) is 0.577. The second-order valence-electron chi connectivity index (χ2n) is 5.93. The molecular formula is C18H29NO5. The molecule has 0 radical (unpaired) electrons. The van der Waals surface area contributed by atoms with Crippen molar-refractivity contribution in [3.8, 4) is 11.5 Å². The summed E-state index contributed by atoms with van der Waals surface area (Å²) in [6, 6.07) is 5.22. The van der Waals surface area contributed by atoms with E-state index in [4.69, 9.17) is 18.9 Å². The Kier molecular flexibility index (Phi) is 8.18. The van der Waals surface area contributed by atoms with Gasteiger partial charge in [0.05, 0.1) is 33.0 Å². The van der Waals surface area contributed by atoms with Crippen LogP contribution in [-0.2, 0) is 9.47 Å². The Morgan fingerprint density at radius 1 is 0.958 bits per heavy atom. The molecule has 136 valence electrons. The predicted octanol–water partition coefficient (Wildman–Crippen LogP) is 2.26. The van der Waals surface area contributed by atoms with Crippen LogP contribution < -0.4 is 9.47 Å². The largest absolute Gasteiger partial charge is 0.493 e. The van der Waals surface area contributed by atoms with Gasteiger partial charge in [-0.1, -0.05) is 0 Å². The van der Waals surface area contributed by atoms with E-state index < -0.39 is 5.54 Å². The van der Waals surface area contributed by atoms with Gasteiger partial charge in [-0.2, -0.15) is 0 Å². The minimum Gasteiger partial charge on any atom is -0.493 e. The fraction of sp³-hybridized carbons (Fsp3) is 0.611. The Morgan fingerprint density at radius 3 is 1.96 bits per heavy atom. The molecule has 0 aliphatic rings. The minimum absolute atomic E-state index is 0.00987. The van der Waals surface area contributed by atoms with Crippen LogP contribution in [0.1, 0.15) is 24.2 Å². The molecule has 0 atom stereocenters. The lowest BCUT2D eigenvalue weighted by Gasteiger charge is -2.37. The van der Waals surface area contributed by atoms with Gasteiger partial charge < -0.3 is 18.9 Å². The van der Waals surface area contributed by atoms with Gasteiger partial charge in [-0.15, -0.1) is 0 Å². The maximum Gasteiger partial charge on any atom is 0.182 e. The number of hydrogen-bond acceptors (Lipinski definition) is 6. The van der Waals surface area contributed by atoms with Crippen LogP contribution in [0, 0.1) is 0 Å². The third kappa shape index (κ3) is 4.93. The van der Waals surface area contributed by atoms with Crippen molar-refractivity contribution in [2.45, 2.75) is 19.4 Å². The van der Waals surface area contributed by atoms with Gasteiger partial charge in [0.1, 0.15) is 0 Å². The van der Waals surface area contributed by atoms with Gasteiger partial charge in [0.25, 0.3) is 0 Å². The summed E-state index contributed by atoms with van der Waals surface area (Å²) in [5, 5.41) is 0. The van der Waals surface area contributed by atoms with Crippen LogP contribution in [-0.4, -0.2) is 71.0 Å². The second-order valence-corrected chi connectivity index (χ2v) is 5.93. The number of nitrogens with zero attached hydrogens (tertiary/aromatic N) is 1. The topological polar surface area (TPSA) is 57.2 Å². The standard InChI is InChI=1S/C18H29NO5/c1-18(2,19(9-11-21-3)10-12-22-4)17(20)14-7-8-15(23-5)16(13-14)24-6/h7-8,13H,9-12H2,1-6H3. The molecule has 0 saturated carbocycles. The molecule has 0 heterocycles. The summed E-state index contributed by atoms with van der Waals surface area (Å²) in [5.41, 5.74) is -0.117. The number of carbonyl (C=O) groups is 1. The van der Waals surface area contributed by atoms with Gasteiger partial charge in [-0.05, 0) is 32.0 Å². The molecule has 0 amide bonds. The molecule has 0 aliphatic heterocycles. The van der Waals surface area contributed by atoms with Crippen molar-refractivity contribution in [2.24, 2.45) is 0 Å². The molecule has 24 heavy (non-hydrogen) atoms. The number of rotatable bonds is 11. The number of carbonyl (C=O) groups excluding carboxylic acids is 1. The van der Waals surface area contributed by atoms with Gasteiger partial charge in [0.15, 0.2) is 17.3 Å². The fourth-order valence-electron chi connectivity index (χ4n) is 2.55. The zero-order chi connectivity index (χ0) is 18.2. The van der Waals surface area contributed by atoms with Crippen molar-refractivity contribution >= 4 is 5.78 Å². The van der Waals surface area contributed by atoms with Gasteiger partial charge in [0, 0.05) is 32.9 Å². The molecule has 1 rings (SSSR count). The Bertz CT molecular complexity index is 522. The molecule has 1 aromatic rings. The number of benzene rings is 1. The second kappa shape index (κ2) is 9.61. The lowest BCUT2D eigenvalue weighted by Crippen LogP contribution is -2.52. The van der Waals surface area contributed by atoms with E-state index in [-0.39, 0.29) is 5.78 Å². The lowest BCUT2D eigenvalue weighted by molar-refractivity contribution is 0.0417. The first-order valence-corrected chi connectivity index (χ1v) is 7.92. The van der Waals surface area contributed by atoms with Crippen molar-refractivity contribution in [3.63, 3.8) is 0 Å². The molecule has 0 aromatic heterocycles. The first-order chi connectivity index (χ1) is 11.4. The molecule has 0 bridgehead atoms. The van der Waals surface area contributed by atoms with Crippen LogP contribution in [0.2, 0.25) is 0 Å². The van der Waals surface area contributed by atoms with Crippen LogP contribution in [0.15, 0.2) is 18.2 Å². The first-order valence-electron chi connectivity index (χ1n) is 7.92. The van der Waals surface area contributed by atoms with E-state index in [1.54, 1.807) is 46.6 Å². The summed E-state index contributed by atoms with van der Waals surface area (Å²) in [7, 11) is 6.43. The Labute approximate surface area is 144 Å². The highest BCUT2D eigenvalue weighted by Crippen LogP contribution is 2.30. The average Bonchev–Trinajstić information content (AvgIpc) is 2.60. The smallest absolute Gasteiger partial charge is 0.182 e. The molecule has 6 heteroatoms. The molecule has 0 fully saturated rings. The highest BCUT2D eigenvalue weighted by molar-refractivity contribution is 6.03. The summed E-state index contributed by atoms with van der Waals surface area (Å²) in [5.74, 6) is 1.15. The Hall–Kier alpha value is -1.63. The van der Waals surface area contributed by atoms with Crippen LogP contribution >= 0.6 is 0 Å². The average molecular weight is 339 g/mol. The summed E-state index contributed by atoms with van der Waals surface area (Å²) in [6.45, 7) is 6.21. The number of methoxy groups -OCH3 is 4. The number of ketones is 1. The third-order valence-electron chi connectivity index (χ3n) is 4.12. The third-order valence-corrected chi connectivity index (χ3v) is 4.12. The van der Waals surface area contributed by atoms with Gasteiger partial charge >= 0.3 is 0 Å². The molecule has 0 unspecified atom stereocenters. The highest BCUT2D eigenvalue weighted by atomic mass is 16.5. The zero-order valence-corrected chi connectivity index (χ0v) is 15.5. The number of Topliss-reactive ketones (excluding diaryl/α,β-unsaturated/α-hetero) is 1. The van der Waals surface area contributed by atoms with E-state index >= 15 is 0 Å². The monoisotopic (exact) mass is 339 g/mol. The van der Waals surface area contributed by atoms with Crippen LogP contribution in [0.5, 0.6) is 11.5 Å². The molecule has 6 nitrogen and oxygen atoms in total. The SMILES string of the molecule is COCCN(CCOC)C(C)(C)C(=O)c1ccc(OC)c(OC)c1. The summed E-state index contributed by atoms with van der Waals surface area (Å²) in [6.07, 6.45) is 0.